The zero-order valence-corrected chi connectivity index (χ0v) is 15.8. The maximum absolute atomic E-state index is 12.7. The van der Waals surface area contributed by atoms with Crippen LogP contribution in [0.3, 0.4) is 0 Å². The fourth-order valence-corrected chi connectivity index (χ4v) is 4.65. The van der Waals surface area contributed by atoms with Gasteiger partial charge >= 0.3 is 0 Å². The summed E-state index contributed by atoms with van der Waals surface area (Å²) in [6.07, 6.45) is 2.78. The maximum Gasteiger partial charge on any atom is 0.241 e. The highest BCUT2D eigenvalue weighted by Gasteiger charge is 2.21. The lowest BCUT2D eigenvalue weighted by molar-refractivity contribution is 0.575. The molecule has 0 heterocycles. The third-order valence-electron chi connectivity index (χ3n) is 4.59. The zero-order valence-electron chi connectivity index (χ0n) is 15.0. The van der Waals surface area contributed by atoms with Gasteiger partial charge in [-0.2, -0.15) is 0 Å². The zero-order chi connectivity index (χ0) is 17.7. The average Bonchev–Trinajstić information content (AvgIpc) is 2.53. The lowest BCUT2D eigenvalue weighted by atomic mass is 10.0. The molecule has 2 aromatic carbocycles. The summed E-state index contributed by atoms with van der Waals surface area (Å²) < 4.78 is 28.2. The second kappa shape index (κ2) is 7.95. The third kappa shape index (κ3) is 4.46. The minimum absolute atomic E-state index is 0.447. The molecule has 0 saturated carbocycles. The van der Waals surface area contributed by atoms with Crippen LogP contribution in [0.5, 0.6) is 0 Å². The fraction of sp³-hybridized carbons (Fsp3) is 0.400. The molecule has 1 N–H and O–H groups in total. The summed E-state index contributed by atoms with van der Waals surface area (Å²) in [5.74, 6) is 0. The number of hydrogen-bond acceptors (Lipinski definition) is 2. The van der Waals surface area contributed by atoms with Crippen molar-refractivity contribution in [2.75, 3.05) is 6.54 Å². The minimum Gasteiger partial charge on any atom is -0.211 e. The van der Waals surface area contributed by atoms with Crippen LogP contribution < -0.4 is 4.72 Å². The summed E-state index contributed by atoms with van der Waals surface area (Å²) in [4.78, 5) is 0.447. The molecule has 2 rings (SSSR count). The number of nitrogens with one attached hydrogen (secondary N) is 1. The Morgan fingerprint density at radius 1 is 0.875 bits per heavy atom. The summed E-state index contributed by atoms with van der Waals surface area (Å²) in [5.41, 5.74) is 5.01. The van der Waals surface area contributed by atoms with E-state index >= 15 is 0 Å². The molecule has 0 amide bonds. The summed E-state index contributed by atoms with van der Waals surface area (Å²) in [5, 5.41) is 0. The molecule has 0 aromatic heterocycles. The predicted molar refractivity (Wildman–Crippen MR) is 100.0 cm³/mol. The molecule has 0 bridgehead atoms. The van der Waals surface area contributed by atoms with Crippen molar-refractivity contribution < 1.29 is 8.42 Å². The van der Waals surface area contributed by atoms with Gasteiger partial charge in [0, 0.05) is 6.54 Å². The maximum atomic E-state index is 12.7. The van der Waals surface area contributed by atoms with Crippen molar-refractivity contribution >= 4 is 10.0 Å². The largest absolute Gasteiger partial charge is 0.241 e. The first-order chi connectivity index (χ1) is 11.3. The van der Waals surface area contributed by atoms with Crippen LogP contribution >= 0.6 is 0 Å². The topological polar surface area (TPSA) is 46.2 Å². The molecule has 0 fully saturated rings. The van der Waals surface area contributed by atoms with E-state index in [1.807, 2.05) is 52.0 Å². The Balaban J connectivity index is 1.97. The molecule has 0 unspecified atom stereocenters. The van der Waals surface area contributed by atoms with Crippen molar-refractivity contribution in [1.29, 1.82) is 0 Å². The number of aryl methyl sites for hydroxylation is 3. The van der Waals surface area contributed by atoms with Gasteiger partial charge in [-0.25, -0.2) is 13.1 Å². The second-order valence-electron chi connectivity index (χ2n) is 6.43. The van der Waals surface area contributed by atoms with Crippen molar-refractivity contribution in [3.63, 3.8) is 0 Å². The summed E-state index contributed by atoms with van der Waals surface area (Å²) >= 11 is 0. The molecule has 0 spiro atoms. The van der Waals surface area contributed by atoms with Crippen molar-refractivity contribution in [2.45, 2.75) is 51.9 Å². The molecule has 0 atom stereocenters. The van der Waals surface area contributed by atoms with Crippen LogP contribution in [0, 0.1) is 27.7 Å². The van der Waals surface area contributed by atoms with Crippen LogP contribution in [0.25, 0.3) is 0 Å². The monoisotopic (exact) mass is 345 g/mol. The van der Waals surface area contributed by atoms with E-state index in [-0.39, 0.29) is 0 Å². The van der Waals surface area contributed by atoms with E-state index in [9.17, 15) is 8.42 Å². The van der Waals surface area contributed by atoms with Crippen LogP contribution in [0.15, 0.2) is 41.3 Å². The Labute approximate surface area is 146 Å². The van der Waals surface area contributed by atoms with Gasteiger partial charge in [0.15, 0.2) is 0 Å². The number of rotatable bonds is 7. The van der Waals surface area contributed by atoms with E-state index in [2.05, 4.69) is 16.9 Å². The summed E-state index contributed by atoms with van der Waals surface area (Å²) in [6, 6.07) is 12.3. The molecular weight excluding hydrogens is 318 g/mol. The first-order valence-corrected chi connectivity index (χ1v) is 9.92. The first-order valence-electron chi connectivity index (χ1n) is 8.44. The van der Waals surface area contributed by atoms with Gasteiger partial charge in [0.2, 0.25) is 10.0 Å². The lowest BCUT2D eigenvalue weighted by Gasteiger charge is -2.16. The van der Waals surface area contributed by atoms with E-state index in [0.29, 0.717) is 11.4 Å². The van der Waals surface area contributed by atoms with Gasteiger partial charge < -0.3 is 0 Å². The molecule has 0 saturated heterocycles. The average molecular weight is 346 g/mol. The Morgan fingerprint density at radius 3 is 2.04 bits per heavy atom. The number of unbranched alkanes of at least 4 members (excludes halogenated alkanes) is 1. The number of sulfonamides is 1. The predicted octanol–water partition coefficient (Wildman–Crippen LogP) is 4.22. The molecule has 0 aliphatic heterocycles. The summed E-state index contributed by atoms with van der Waals surface area (Å²) in [6.45, 7) is 8.15. The lowest BCUT2D eigenvalue weighted by Crippen LogP contribution is -2.26. The van der Waals surface area contributed by atoms with Crippen LogP contribution in [0.4, 0.5) is 0 Å². The van der Waals surface area contributed by atoms with E-state index < -0.39 is 10.0 Å². The van der Waals surface area contributed by atoms with Gasteiger partial charge in [-0.05, 0) is 74.8 Å². The van der Waals surface area contributed by atoms with Crippen LogP contribution in [-0.4, -0.2) is 15.0 Å². The standard InChI is InChI=1S/C20H27NO2S/c1-15-14-16(2)18(4)20(17(15)3)24(22,23)21-13-9-8-12-19-10-6-5-7-11-19/h5-7,10-11,14,21H,8-9,12-13H2,1-4H3. The minimum atomic E-state index is -3.46. The molecule has 3 nitrogen and oxygen atoms in total. The molecule has 130 valence electrons. The van der Waals surface area contributed by atoms with Crippen molar-refractivity contribution in [3.05, 3.63) is 64.2 Å². The van der Waals surface area contributed by atoms with E-state index in [1.165, 1.54) is 5.56 Å². The van der Waals surface area contributed by atoms with E-state index in [0.717, 1.165) is 41.5 Å². The van der Waals surface area contributed by atoms with Gasteiger partial charge in [0.1, 0.15) is 0 Å². The Morgan fingerprint density at radius 2 is 1.46 bits per heavy atom. The van der Waals surface area contributed by atoms with Gasteiger partial charge in [-0.3, -0.25) is 0 Å². The van der Waals surface area contributed by atoms with Crippen molar-refractivity contribution in [2.24, 2.45) is 0 Å². The van der Waals surface area contributed by atoms with Gasteiger partial charge in [0.05, 0.1) is 4.90 Å². The molecular formula is C20H27NO2S. The molecule has 0 aliphatic carbocycles. The quantitative estimate of drug-likeness (QED) is 0.764. The molecule has 24 heavy (non-hydrogen) atoms. The van der Waals surface area contributed by atoms with Gasteiger partial charge in [-0.15, -0.1) is 0 Å². The highest BCUT2D eigenvalue weighted by Crippen LogP contribution is 2.25. The Kier molecular flexibility index (Phi) is 6.19. The smallest absolute Gasteiger partial charge is 0.211 e. The number of benzene rings is 2. The highest BCUT2D eigenvalue weighted by molar-refractivity contribution is 7.89. The van der Waals surface area contributed by atoms with Crippen LogP contribution in [-0.2, 0) is 16.4 Å². The third-order valence-corrected chi connectivity index (χ3v) is 6.33. The molecule has 4 heteroatoms. The summed E-state index contributed by atoms with van der Waals surface area (Å²) in [7, 11) is -3.46. The highest BCUT2D eigenvalue weighted by atomic mass is 32.2. The normalized spacial score (nSPS) is 11.7. The van der Waals surface area contributed by atoms with E-state index in [4.69, 9.17) is 0 Å². The number of hydrogen-bond donors (Lipinski definition) is 1. The Hall–Kier alpha value is -1.65. The molecule has 2 aromatic rings. The molecule has 0 aliphatic rings. The molecule has 0 radical (unpaired) electrons. The first kappa shape index (κ1) is 18.7. The van der Waals surface area contributed by atoms with Gasteiger partial charge in [0.25, 0.3) is 0 Å². The van der Waals surface area contributed by atoms with Crippen LogP contribution in [0.2, 0.25) is 0 Å². The Bertz CT molecular complexity index is 770. The van der Waals surface area contributed by atoms with Crippen molar-refractivity contribution in [3.8, 4) is 0 Å². The van der Waals surface area contributed by atoms with Crippen molar-refractivity contribution in [1.82, 2.24) is 4.72 Å². The van der Waals surface area contributed by atoms with Gasteiger partial charge in [-0.1, -0.05) is 36.4 Å². The SMILES string of the molecule is Cc1cc(C)c(C)c(S(=O)(=O)NCCCCc2ccccc2)c1C. The van der Waals surface area contributed by atoms with E-state index in [1.54, 1.807) is 0 Å². The van der Waals surface area contributed by atoms with Crippen LogP contribution in [0.1, 0.15) is 40.7 Å². The second-order valence-corrected chi connectivity index (χ2v) is 8.13. The fourth-order valence-electron chi connectivity index (χ4n) is 2.96.